The van der Waals surface area contributed by atoms with Gasteiger partial charge >= 0.3 is 0 Å². The maximum atomic E-state index is 12.7. The van der Waals surface area contributed by atoms with Gasteiger partial charge in [0.15, 0.2) is 5.82 Å². The molecule has 0 saturated carbocycles. The van der Waals surface area contributed by atoms with Crippen LogP contribution in [0.3, 0.4) is 0 Å². The van der Waals surface area contributed by atoms with Crippen LogP contribution in [0.2, 0.25) is 0 Å². The van der Waals surface area contributed by atoms with Crippen molar-refractivity contribution in [3.63, 3.8) is 0 Å². The van der Waals surface area contributed by atoms with Crippen LogP contribution in [0, 0.1) is 20.8 Å². The van der Waals surface area contributed by atoms with Crippen LogP contribution in [-0.2, 0) is 28.2 Å². The molecule has 0 bridgehead atoms. The minimum absolute atomic E-state index is 0.142. The molecule has 118 valence electrons. The van der Waals surface area contributed by atoms with Crippen LogP contribution in [0.5, 0.6) is 0 Å². The average Bonchev–Trinajstić information content (AvgIpc) is 3.02. The molecule has 2 aromatic rings. The van der Waals surface area contributed by atoms with Gasteiger partial charge < -0.3 is 14.6 Å². The molecule has 22 heavy (non-hydrogen) atoms. The lowest BCUT2D eigenvalue weighted by Gasteiger charge is -2.34. The summed E-state index contributed by atoms with van der Waals surface area (Å²) in [4.78, 5) is 12.7. The molecule has 0 fully saturated rings. The molecule has 1 unspecified atom stereocenters. The van der Waals surface area contributed by atoms with Gasteiger partial charge in [-0.3, -0.25) is 9.36 Å². The van der Waals surface area contributed by atoms with E-state index in [-0.39, 0.29) is 12.5 Å². The summed E-state index contributed by atoms with van der Waals surface area (Å²) >= 11 is 0. The van der Waals surface area contributed by atoms with Crippen LogP contribution in [0.4, 0.5) is 0 Å². The van der Waals surface area contributed by atoms with Gasteiger partial charge in [0.05, 0.1) is 12.3 Å². The SMILES string of the molecule is Cc1noc(C)c1CNC(=O)C1(C)COCc2nnc(C)n21. The summed E-state index contributed by atoms with van der Waals surface area (Å²) in [5, 5.41) is 14.9. The third kappa shape index (κ3) is 2.19. The normalized spacial score (nSPS) is 20.7. The third-order valence-electron chi connectivity index (χ3n) is 4.10. The molecule has 1 aliphatic heterocycles. The summed E-state index contributed by atoms with van der Waals surface area (Å²) in [5.74, 6) is 1.94. The Morgan fingerprint density at radius 2 is 2.14 bits per heavy atom. The fourth-order valence-electron chi connectivity index (χ4n) is 2.83. The number of amides is 1. The molecule has 8 heteroatoms. The van der Waals surface area contributed by atoms with Gasteiger partial charge in [0.25, 0.3) is 0 Å². The second-order valence-corrected chi connectivity index (χ2v) is 5.75. The summed E-state index contributed by atoms with van der Waals surface area (Å²) in [6.45, 7) is 8.36. The molecular formula is C14H19N5O3. The fourth-order valence-corrected chi connectivity index (χ4v) is 2.83. The molecule has 2 aromatic heterocycles. The highest BCUT2D eigenvalue weighted by Gasteiger charge is 2.41. The number of nitrogens with one attached hydrogen (secondary N) is 1. The van der Waals surface area contributed by atoms with Gasteiger partial charge in [0.2, 0.25) is 5.91 Å². The third-order valence-corrected chi connectivity index (χ3v) is 4.10. The molecule has 0 aliphatic carbocycles. The molecule has 0 aromatic carbocycles. The molecule has 1 N–H and O–H groups in total. The quantitative estimate of drug-likeness (QED) is 0.899. The lowest BCUT2D eigenvalue weighted by molar-refractivity contribution is -0.135. The summed E-state index contributed by atoms with van der Waals surface area (Å²) < 4.78 is 12.5. The van der Waals surface area contributed by atoms with Crippen molar-refractivity contribution in [2.45, 2.75) is 46.4 Å². The van der Waals surface area contributed by atoms with E-state index in [1.54, 1.807) is 0 Å². The monoisotopic (exact) mass is 305 g/mol. The summed E-state index contributed by atoms with van der Waals surface area (Å²) in [6, 6.07) is 0. The zero-order chi connectivity index (χ0) is 15.9. The van der Waals surface area contributed by atoms with Crippen LogP contribution >= 0.6 is 0 Å². The molecule has 3 heterocycles. The van der Waals surface area contributed by atoms with E-state index in [9.17, 15) is 4.79 Å². The first kappa shape index (κ1) is 14.7. The number of hydrogen-bond donors (Lipinski definition) is 1. The lowest BCUT2D eigenvalue weighted by Crippen LogP contribution is -2.52. The largest absolute Gasteiger partial charge is 0.370 e. The second-order valence-electron chi connectivity index (χ2n) is 5.75. The first-order valence-electron chi connectivity index (χ1n) is 7.12. The first-order chi connectivity index (χ1) is 10.4. The number of aromatic nitrogens is 4. The van der Waals surface area contributed by atoms with E-state index in [1.807, 2.05) is 32.3 Å². The lowest BCUT2D eigenvalue weighted by atomic mass is 10.00. The van der Waals surface area contributed by atoms with Gasteiger partial charge in [0.1, 0.15) is 23.7 Å². The zero-order valence-electron chi connectivity index (χ0n) is 13.1. The minimum Gasteiger partial charge on any atom is -0.370 e. The average molecular weight is 305 g/mol. The Morgan fingerprint density at radius 1 is 1.36 bits per heavy atom. The molecule has 1 aliphatic rings. The highest BCUT2D eigenvalue weighted by atomic mass is 16.5. The number of nitrogens with zero attached hydrogens (tertiary/aromatic N) is 4. The number of hydrogen-bond acceptors (Lipinski definition) is 6. The molecule has 0 spiro atoms. The summed E-state index contributed by atoms with van der Waals surface area (Å²) in [5.41, 5.74) is 0.818. The molecule has 1 amide bonds. The van der Waals surface area contributed by atoms with E-state index in [2.05, 4.69) is 20.7 Å². The van der Waals surface area contributed by atoms with Crippen molar-refractivity contribution >= 4 is 5.91 Å². The Labute approximate surface area is 127 Å². The zero-order valence-corrected chi connectivity index (χ0v) is 13.1. The topological polar surface area (TPSA) is 95.1 Å². The molecule has 3 rings (SSSR count). The molecule has 0 saturated heterocycles. The van der Waals surface area contributed by atoms with Crippen molar-refractivity contribution in [2.75, 3.05) is 6.61 Å². The Bertz CT molecular complexity index is 701. The Kier molecular flexibility index (Phi) is 3.48. The van der Waals surface area contributed by atoms with Crippen LogP contribution in [0.1, 0.15) is 35.6 Å². The molecular weight excluding hydrogens is 286 g/mol. The standard InChI is InChI=1S/C14H19N5O3/c1-8-11(9(2)22-18-8)5-15-13(20)14(4)7-21-6-12-17-16-10(3)19(12)14/h5-7H2,1-4H3,(H,15,20). The number of ether oxygens (including phenoxy) is 1. The van der Waals surface area contributed by atoms with Crippen molar-refractivity contribution < 1.29 is 14.1 Å². The van der Waals surface area contributed by atoms with Gasteiger partial charge in [-0.15, -0.1) is 10.2 Å². The number of rotatable bonds is 3. The van der Waals surface area contributed by atoms with E-state index in [1.165, 1.54) is 0 Å². The summed E-state index contributed by atoms with van der Waals surface area (Å²) in [6.07, 6.45) is 0. The Morgan fingerprint density at radius 3 is 2.82 bits per heavy atom. The minimum atomic E-state index is -0.861. The maximum Gasteiger partial charge on any atom is 0.248 e. The van der Waals surface area contributed by atoms with Crippen LogP contribution in [-0.4, -0.2) is 32.4 Å². The van der Waals surface area contributed by atoms with Crippen LogP contribution in [0.25, 0.3) is 0 Å². The number of aryl methyl sites for hydroxylation is 3. The molecule has 1 atom stereocenters. The van der Waals surface area contributed by atoms with Gasteiger partial charge in [-0.25, -0.2) is 0 Å². The van der Waals surface area contributed by atoms with Gasteiger partial charge in [-0.2, -0.15) is 0 Å². The van der Waals surface area contributed by atoms with E-state index in [0.29, 0.717) is 30.6 Å². The number of carbonyl (C=O) groups is 1. The van der Waals surface area contributed by atoms with Crippen molar-refractivity contribution in [1.29, 1.82) is 0 Å². The van der Waals surface area contributed by atoms with E-state index >= 15 is 0 Å². The van der Waals surface area contributed by atoms with Crippen LogP contribution in [0.15, 0.2) is 4.52 Å². The van der Waals surface area contributed by atoms with Gasteiger partial charge in [-0.1, -0.05) is 5.16 Å². The van der Waals surface area contributed by atoms with E-state index in [4.69, 9.17) is 9.26 Å². The first-order valence-corrected chi connectivity index (χ1v) is 7.12. The summed E-state index contributed by atoms with van der Waals surface area (Å²) in [7, 11) is 0. The fraction of sp³-hybridized carbons (Fsp3) is 0.571. The molecule has 0 radical (unpaired) electrons. The highest BCUT2D eigenvalue weighted by molar-refractivity contribution is 5.84. The smallest absolute Gasteiger partial charge is 0.248 e. The van der Waals surface area contributed by atoms with Gasteiger partial charge in [0, 0.05) is 12.1 Å². The van der Waals surface area contributed by atoms with Crippen molar-refractivity contribution in [2.24, 2.45) is 0 Å². The maximum absolute atomic E-state index is 12.7. The number of carbonyl (C=O) groups excluding carboxylic acids is 1. The van der Waals surface area contributed by atoms with Gasteiger partial charge in [-0.05, 0) is 27.7 Å². The van der Waals surface area contributed by atoms with Crippen molar-refractivity contribution in [3.8, 4) is 0 Å². The van der Waals surface area contributed by atoms with E-state index in [0.717, 1.165) is 11.3 Å². The van der Waals surface area contributed by atoms with Crippen molar-refractivity contribution in [1.82, 2.24) is 25.2 Å². The van der Waals surface area contributed by atoms with Crippen molar-refractivity contribution in [3.05, 3.63) is 28.7 Å². The highest BCUT2D eigenvalue weighted by Crippen LogP contribution is 2.26. The predicted octanol–water partition coefficient (Wildman–Crippen LogP) is 0.753. The predicted molar refractivity (Wildman–Crippen MR) is 75.9 cm³/mol. The molecule has 8 nitrogen and oxygen atoms in total. The second kappa shape index (κ2) is 5.20. The number of fused-ring (bicyclic) bond motifs is 1. The Balaban J connectivity index is 1.82. The van der Waals surface area contributed by atoms with Crippen LogP contribution < -0.4 is 5.32 Å². The Hall–Kier alpha value is -2.22. The van der Waals surface area contributed by atoms with E-state index < -0.39 is 5.54 Å².